The summed E-state index contributed by atoms with van der Waals surface area (Å²) in [5.41, 5.74) is 2.34. The normalized spacial score (nSPS) is 16.6. The lowest BCUT2D eigenvalue weighted by Gasteiger charge is -2.20. The topological polar surface area (TPSA) is 46.2 Å². The maximum atomic E-state index is 12.0. The average Bonchev–Trinajstić information content (AvgIpc) is 2.38. The molecule has 0 aromatic heterocycles. The van der Waals surface area contributed by atoms with E-state index in [1.807, 2.05) is 31.2 Å². The molecule has 1 fully saturated rings. The summed E-state index contributed by atoms with van der Waals surface area (Å²) in [6.45, 7) is 2.62. The molecule has 96 valence electrons. The number of rotatable bonds is 3. The maximum Gasteiger partial charge on any atom is 0.223 e. The maximum absolute atomic E-state index is 12.0. The van der Waals surface area contributed by atoms with Gasteiger partial charge in [0.2, 0.25) is 5.91 Å². The Bertz CT molecular complexity index is 444. The van der Waals surface area contributed by atoms with Crippen molar-refractivity contribution >= 4 is 11.7 Å². The summed E-state index contributed by atoms with van der Waals surface area (Å²) < 4.78 is 0. The summed E-state index contributed by atoms with van der Waals surface area (Å²) in [6.07, 6.45) is 2.53. The Labute approximate surface area is 108 Å². The van der Waals surface area contributed by atoms with Crippen LogP contribution >= 0.6 is 0 Å². The first-order valence-corrected chi connectivity index (χ1v) is 6.50. The first-order valence-electron chi connectivity index (χ1n) is 6.50. The fourth-order valence-corrected chi connectivity index (χ4v) is 2.34. The number of nitrogens with one attached hydrogen (secondary N) is 1. The quantitative estimate of drug-likeness (QED) is 0.888. The summed E-state index contributed by atoms with van der Waals surface area (Å²) in [7, 11) is 0. The molecule has 1 aliphatic carbocycles. The summed E-state index contributed by atoms with van der Waals surface area (Å²) in [4.78, 5) is 23.1. The van der Waals surface area contributed by atoms with Gasteiger partial charge in [-0.2, -0.15) is 0 Å². The average molecular weight is 245 g/mol. The summed E-state index contributed by atoms with van der Waals surface area (Å²) in [5.74, 6) is 0.399. The molecule has 3 nitrogen and oxygen atoms in total. The molecule has 0 saturated heterocycles. The van der Waals surface area contributed by atoms with Crippen LogP contribution in [0.15, 0.2) is 24.3 Å². The van der Waals surface area contributed by atoms with Crippen LogP contribution in [0, 0.1) is 12.8 Å². The zero-order valence-electron chi connectivity index (χ0n) is 10.7. The van der Waals surface area contributed by atoms with Gasteiger partial charge in [-0.15, -0.1) is 0 Å². The van der Waals surface area contributed by atoms with Crippen molar-refractivity contribution < 1.29 is 9.59 Å². The number of carbonyl (C=O) groups is 2. The Morgan fingerprint density at radius 2 is 1.94 bits per heavy atom. The molecule has 1 aliphatic rings. The van der Waals surface area contributed by atoms with E-state index in [9.17, 15) is 9.59 Å². The molecular formula is C15H19NO2. The van der Waals surface area contributed by atoms with Crippen molar-refractivity contribution in [1.29, 1.82) is 0 Å². The largest absolute Gasteiger partial charge is 0.352 e. The second-order valence-electron chi connectivity index (χ2n) is 4.96. The van der Waals surface area contributed by atoms with Gasteiger partial charge < -0.3 is 5.32 Å². The number of Topliss-reactive ketones (excluding diaryl/α,β-unsaturated/α-hetero) is 1. The molecule has 2 rings (SSSR count). The van der Waals surface area contributed by atoms with Crippen molar-refractivity contribution in [3.05, 3.63) is 35.4 Å². The summed E-state index contributed by atoms with van der Waals surface area (Å²) >= 11 is 0. The lowest BCUT2D eigenvalue weighted by Crippen LogP contribution is -2.33. The smallest absolute Gasteiger partial charge is 0.223 e. The molecule has 0 radical (unpaired) electrons. The van der Waals surface area contributed by atoms with Crippen LogP contribution in [0.25, 0.3) is 0 Å². The molecule has 0 heterocycles. The Morgan fingerprint density at radius 1 is 1.28 bits per heavy atom. The third-order valence-electron chi connectivity index (χ3n) is 3.63. The van der Waals surface area contributed by atoms with E-state index >= 15 is 0 Å². The van der Waals surface area contributed by atoms with Crippen molar-refractivity contribution in [3.63, 3.8) is 0 Å². The molecule has 1 saturated carbocycles. The van der Waals surface area contributed by atoms with Gasteiger partial charge in [-0.3, -0.25) is 9.59 Å². The molecule has 0 bridgehead atoms. The third kappa shape index (κ3) is 3.19. The molecule has 1 amide bonds. The van der Waals surface area contributed by atoms with Gasteiger partial charge >= 0.3 is 0 Å². The first-order chi connectivity index (χ1) is 8.66. The second-order valence-corrected chi connectivity index (χ2v) is 4.96. The van der Waals surface area contributed by atoms with Crippen molar-refractivity contribution in [1.82, 2.24) is 5.32 Å². The number of carbonyl (C=O) groups excluding carboxylic acids is 2. The highest BCUT2D eigenvalue weighted by molar-refractivity contribution is 5.84. The Morgan fingerprint density at radius 3 is 2.61 bits per heavy atom. The molecule has 18 heavy (non-hydrogen) atoms. The van der Waals surface area contributed by atoms with E-state index in [0.29, 0.717) is 32.2 Å². The van der Waals surface area contributed by atoms with Gasteiger partial charge in [-0.05, 0) is 30.9 Å². The number of ketones is 1. The van der Waals surface area contributed by atoms with Crippen LogP contribution in [0.2, 0.25) is 0 Å². The minimum Gasteiger partial charge on any atom is -0.352 e. The fourth-order valence-electron chi connectivity index (χ4n) is 2.34. The Hall–Kier alpha value is -1.64. The van der Waals surface area contributed by atoms with Gasteiger partial charge in [-0.25, -0.2) is 0 Å². The molecule has 1 N–H and O–H groups in total. The minimum absolute atomic E-state index is 0.0201. The zero-order chi connectivity index (χ0) is 13.0. The first kappa shape index (κ1) is 12.8. The molecule has 0 atom stereocenters. The van der Waals surface area contributed by atoms with Gasteiger partial charge in [0.15, 0.2) is 0 Å². The minimum atomic E-state index is 0.0201. The molecule has 1 aromatic rings. The molecule has 0 unspecified atom stereocenters. The van der Waals surface area contributed by atoms with Crippen LogP contribution in [0.5, 0.6) is 0 Å². The summed E-state index contributed by atoms with van der Waals surface area (Å²) in [6, 6.07) is 8.04. The zero-order valence-corrected chi connectivity index (χ0v) is 10.7. The lowest BCUT2D eigenvalue weighted by molar-refractivity contribution is -0.128. The van der Waals surface area contributed by atoms with Gasteiger partial charge in [-0.1, -0.05) is 24.3 Å². The molecule has 0 aliphatic heterocycles. The summed E-state index contributed by atoms with van der Waals surface area (Å²) in [5, 5.41) is 2.97. The Kier molecular flexibility index (Phi) is 4.13. The standard InChI is InChI=1S/C15H19NO2/c1-11-4-2-3-5-13(11)10-16-15(18)12-6-8-14(17)9-7-12/h2-5,12H,6-10H2,1H3,(H,16,18). The van der Waals surface area contributed by atoms with Crippen LogP contribution < -0.4 is 5.32 Å². The van der Waals surface area contributed by atoms with Crippen molar-refractivity contribution in [2.75, 3.05) is 0 Å². The van der Waals surface area contributed by atoms with E-state index < -0.39 is 0 Å². The predicted octanol–water partition coefficient (Wildman–Crippen LogP) is 2.37. The highest BCUT2D eigenvalue weighted by atomic mass is 16.2. The molecular weight excluding hydrogens is 226 g/mol. The van der Waals surface area contributed by atoms with Gasteiger partial charge in [0.25, 0.3) is 0 Å². The Balaban J connectivity index is 1.85. The van der Waals surface area contributed by atoms with Gasteiger partial charge in [0.1, 0.15) is 5.78 Å². The van der Waals surface area contributed by atoms with Gasteiger partial charge in [0.05, 0.1) is 0 Å². The van der Waals surface area contributed by atoms with Crippen molar-refractivity contribution in [2.45, 2.75) is 39.2 Å². The number of hydrogen-bond acceptors (Lipinski definition) is 2. The number of amides is 1. The SMILES string of the molecule is Cc1ccccc1CNC(=O)C1CCC(=O)CC1. The predicted molar refractivity (Wildman–Crippen MR) is 70.0 cm³/mol. The molecule has 1 aromatic carbocycles. The number of hydrogen-bond donors (Lipinski definition) is 1. The second kappa shape index (κ2) is 5.80. The van der Waals surface area contributed by atoms with E-state index in [1.54, 1.807) is 0 Å². The molecule has 3 heteroatoms. The van der Waals surface area contributed by atoms with E-state index in [0.717, 1.165) is 5.56 Å². The molecule has 0 spiro atoms. The monoisotopic (exact) mass is 245 g/mol. The van der Waals surface area contributed by atoms with Gasteiger partial charge in [0, 0.05) is 25.3 Å². The van der Waals surface area contributed by atoms with Crippen LogP contribution in [0.3, 0.4) is 0 Å². The lowest BCUT2D eigenvalue weighted by atomic mass is 9.88. The van der Waals surface area contributed by atoms with Crippen LogP contribution in [0.4, 0.5) is 0 Å². The highest BCUT2D eigenvalue weighted by Gasteiger charge is 2.24. The third-order valence-corrected chi connectivity index (χ3v) is 3.63. The van der Waals surface area contributed by atoms with Crippen LogP contribution in [-0.2, 0) is 16.1 Å². The van der Waals surface area contributed by atoms with Crippen molar-refractivity contribution in [2.24, 2.45) is 5.92 Å². The van der Waals surface area contributed by atoms with Crippen LogP contribution in [0.1, 0.15) is 36.8 Å². The number of aryl methyl sites for hydroxylation is 1. The number of benzene rings is 1. The fraction of sp³-hybridized carbons (Fsp3) is 0.467. The van der Waals surface area contributed by atoms with E-state index in [2.05, 4.69) is 5.32 Å². The highest BCUT2D eigenvalue weighted by Crippen LogP contribution is 2.21. The van der Waals surface area contributed by atoms with E-state index in [1.165, 1.54) is 5.56 Å². The van der Waals surface area contributed by atoms with Crippen LogP contribution in [-0.4, -0.2) is 11.7 Å². The van der Waals surface area contributed by atoms with Crippen molar-refractivity contribution in [3.8, 4) is 0 Å². The van der Waals surface area contributed by atoms with E-state index in [-0.39, 0.29) is 17.6 Å². The van der Waals surface area contributed by atoms with E-state index in [4.69, 9.17) is 0 Å².